The zero-order valence-corrected chi connectivity index (χ0v) is 20.4. The van der Waals surface area contributed by atoms with E-state index in [2.05, 4.69) is 35.8 Å². The van der Waals surface area contributed by atoms with Crippen LogP contribution < -0.4 is 9.47 Å². The Balaban J connectivity index is 1.67. The summed E-state index contributed by atoms with van der Waals surface area (Å²) >= 11 is 9.99. The van der Waals surface area contributed by atoms with Gasteiger partial charge in [-0.2, -0.15) is 0 Å². The fourth-order valence-corrected chi connectivity index (χ4v) is 4.54. The summed E-state index contributed by atoms with van der Waals surface area (Å²) in [6.45, 7) is 5.20. The van der Waals surface area contributed by atoms with Gasteiger partial charge in [0.25, 0.3) is 5.91 Å². The molecule has 30 heavy (non-hydrogen) atoms. The molecular weight excluding hydrogens is 482 g/mol. The molecule has 0 aromatic heterocycles. The predicted octanol–water partition coefficient (Wildman–Crippen LogP) is 6.25. The minimum Gasteiger partial charge on any atom is -0.490 e. The van der Waals surface area contributed by atoms with E-state index in [0.29, 0.717) is 34.1 Å². The minimum absolute atomic E-state index is 0.0964. The van der Waals surface area contributed by atoms with Crippen LogP contribution in [0.25, 0.3) is 6.08 Å². The number of para-hydroxylation sites is 1. The third-order valence-electron chi connectivity index (χ3n) is 4.91. The molecule has 0 radical (unpaired) electrons. The van der Waals surface area contributed by atoms with Gasteiger partial charge in [-0.05, 0) is 48.2 Å². The normalized spacial score (nSPS) is 16.3. The van der Waals surface area contributed by atoms with Crippen molar-refractivity contribution in [1.82, 2.24) is 4.90 Å². The predicted molar refractivity (Wildman–Crippen MR) is 131 cm³/mol. The summed E-state index contributed by atoms with van der Waals surface area (Å²) in [6.07, 6.45) is 2.88. The first-order valence-electron chi connectivity index (χ1n) is 9.76. The molecule has 7 heteroatoms. The van der Waals surface area contributed by atoms with Crippen LogP contribution in [0.15, 0.2) is 51.8 Å². The summed E-state index contributed by atoms with van der Waals surface area (Å²) in [4.78, 5) is 14.4. The van der Waals surface area contributed by atoms with Gasteiger partial charge in [0.2, 0.25) is 0 Å². The summed E-state index contributed by atoms with van der Waals surface area (Å²) < 4.78 is 13.4. The van der Waals surface area contributed by atoms with Crippen molar-refractivity contribution < 1.29 is 14.3 Å². The molecule has 1 amide bonds. The molecule has 2 aromatic carbocycles. The van der Waals surface area contributed by atoms with Crippen LogP contribution in [0.3, 0.4) is 0 Å². The number of hydrogen-bond donors (Lipinski definition) is 0. The third-order valence-corrected chi connectivity index (χ3v) is 6.88. The molecule has 1 fully saturated rings. The summed E-state index contributed by atoms with van der Waals surface area (Å²) in [5.41, 5.74) is 2.03. The average Bonchev–Trinajstić information content (AvgIpc) is 2.98. The lowest BCUT2D eigenvalue weighted by molar-refractivity contribution is -0.121. The van der Waals surface area contributed by atoms with Crippen molar-refractivity contribution in [2.24, 2.45) is 0 Å². The molecule has 0 unspecified atom stereocenters. The molecule has 2 aromatic rings. The van der Waals surface area contributed by atoms with Gasteiger partial charge in [-0.25, -0.2) is 0 Å². The van der Waals surface area contributed by atoms with Crippen molar-refractivity contribution >= 4 is 56.2 Å². The van der Waals surface area contributed by atoms with Crippen LogP contribution in [0.1, 0.15) is 37.3 Å². The molecule has 1 saturated heterocycles. The van der Waals surface area contributed by atoms with Gasteiger partial charge in [-0.15, -0.1) is 0 Å². The van der Waals surface area contributed by atoms with Gasteiger partial charge in [0.1, 0.15) is 29.0 Å². The first kappa shape index (κ1) is 22.8. The van der Waals surface area contributed by atoms with E-state index in [1.165, 1.54) is 22.2 Å². The molecule has 1 aliphatic rings. The highest BCUT2D eigenvalue weighted by Gasteiger charge is 2.29. The van der Waals surface area contributed by atoms with Gasteiger partial charge in [0, 0.05) is 17.1 Å². The molecular formula is C23H24BrNO3S2. The maximum atomic E-state index is 12.3. The Morgan fingerprint density at radius 3 is 2.53 bits per heavy atom. The lowest BCUT2D eigenvalue weighted by atomic mass is 9.98. The molecule has 3 rings (SSSR count). The van der Waals surface area contributed by atoms with Gasteiger partial charge in [0.05, 0.1) is 4.91 Å². The zero-order valence-electron chi connectivity index (χ0n) is 17.2. The number of thioether (sulfide) groups is 1. The number of ether oxygens (including phenoxy) is 2. The second kappa shape index (κ2) is 10.5. The molecule has 0 saturated carbocycles. The summed E-state index contributed by atoms with van der Waals surface area (Å²) in [7, 11) is 1.69. The van der Waals surface area contributed by atoms with Crippen LogP contribution in [0.2, 0.25) is 0 Å². The molecule has 4 nitrogen and oxygen atoms in total. The van der Waals surface area contributed by atoms with Crippen LogP contribution in [-0.4, -0.2) is 35.4 Å². The van der Waals surface area contributed by atoms with E-state index in [4.69, 9.17) is 21.7 Å². The van der Waals surface area contributed by atoms with E-state index >= 15 is 0 Å². The average molecular weight is 506 g/mol. The fourth-order valence-electron chi connectivity index (χ4n) is 2.99. The molecule has 0 aliphatic carbocycles. The second-order valence-corrected chi connectivity index (χ2v) is 9.56. The Labute approximate surface area is 195 Å². The van der Waals surface area contributed by atoms with Gasteiger partial charge in [0.15, 0.2) is 0 Å². The topological polar surface area (TPSA) is 38.8 Å². The Morgan fingerprint density at radius 2 is 1.87 bits per heavy atom. The summed E-state index contributed by atoms with van der Waals surface area (Å²) in [5, 5.41) is 0. The number of hydrogen-bond acceptors (Lipinski definition) is 5. The highest BCUT2D eigenvalue weighted by molar-refractivity contribution is 9.10. The van der Waals surface area contributed by atoms with Crippen LogP contribution in [0, 0.1) is 0 Å². The van der Waals surface area contributed by atoms with Gasteiger partial charge < -0.3 is 9.47 Å². The SMILES string of the molecule is CC[C@H](C)c1ccccc1OCCOc1ccc(Br)cc1/C=C1\SC(=S)N(C)C1=O. The van der Waals surface area contributed by atoms with E-state index in [-0.39, 0.29) is 5.91 Å². The van der Waals surface area contributed by atoms with Crippen LogP contribution in [0.5, 0.6) is 11.5 Å². The smallest absolute Gasteiger partial charge is 0.265 e. The Morgan fingerprint density at radius 1 is 1.17 bits per heavy atom. The maximum Gasteiger partial charge on any atom is 0.265 e. The van der Waals surface area contributed by atoms with Crippen LogP contribution >= 0.6 is 39.9 Å². The molecule has 1 heterocycles. The first-order chi connectivity index (χ1) is 14.4. The summed E-state index contributed by atoms with van der Waals surface area (Å²) in [5.74, 6) is 1.94. The van der Waals surface area contributed by atoms with E-state index in [1.54, 1.807) is 7.05 Å². The Kier molecular flexibility index (Phi) is 7.97. The number of amides is 1. The fraction of sp³-hybridized carbons (Fsp3) is 0.304. The zero-order chi connectivity index (χ0) is 21.7. The lowest BCUT2D eigenvalue weighted by Gasteiger charge is -2.16. The van der Waals surface area contributed by atoms with E-state index in [1.807, 2.05) is 42.5 Å². The minimum atomic E-state index is -0.0964. The number of benzene rings is 2. The Hall–Kier alpha value is -1.83. The van der Waals surface area contributed by atoms with Gasteiger partial charge in [-0.1, -0.05) is 72.0 Å². The highest BCUT2D eigenvalue weighted by atomic mass is 79.9. The van der Waals surface area contributed by atoms with Crippen LogP contribution in [-0.2, 0) is 4.79 Å². The standard InChI is InChI=1S/C23H24BrNO3S2/c1-4-15(2)18-7-5-6-8-20(18)28-12-11-27-19-10-9-17(24)13-16(19)14-21-22(26)25(3)23(29)30-21/h5-10,13-15H,4,11-12H2,1-3H3/b21-14-/t15-/m0/s1. The highest BCUT2D eigenvalue weighted by Crippen LogP contribution is 2.34. The number of carbonyl (C=O) groups is 1. The van der Waals surface area contributed by atoms with E-state index < -0.39 is 0 Å². The number of nitrogens with zero attached hydrogens (tertiary/aromatic N) is 1. The van der Waals surface area contributed by atoms with Crippen molar-refractivity contribution in [3.8, 4) is 11.5 Å². The van der Waals surface area contributed by atoms with Crippen molar-refractivity contribution in [2.45, 2.75) is 26.2 Å². The maximum absolute atomic E-state index is 12.3. The number of likely N-dealkylation sites (N-methyl/N-ethyl adjacent to an activating group) is 1. The molecule has 1 atom stereocenters. The monoisotopic (exact) mass is 505 g/mol. The lowest BCUT2D eigenvalue weighted by Crippen LogP contribution is -2.22. The van der Waals surface area contributed by atoms with Crippen molar-refractivity contribution in [2.75, 3.05) is 20.3 Å². The van der Waals surface area contributed by atoms with Crippen molar-refractivity contribution in [3.63, 3.8) is 0 Å². The number of thiocarbonyl (C=S) groups is 1. The first-order valence-corrected chi connectivity index (χ1v) is 11.8. The van der Waals surface area contributed by atoms with Crippen molar-refractivity contribution in [1.29, 1.82) is 0 Å². The quantitative estimate of drug-likeness (QED) is 0.240. The summed E-state index contributed by atoms with van der Waals surface area (Å²) in [6, 6.07) is 13.9. The third kappa shape index (κ3) is 5.45. The number of rotatable bonds is 8. The second-order valence-electron chi connectivity index (χ2n) is 6.97. The number of halogens is 1. The van der Waals surface area contributed by atoms with E-state index in [0.717, 1.165) is 22.2 Å². The molecule has 0 bridgehead atoms. The van der Waals surface area contributed by atoms with E-state index in [9.17, 15) is 4.79 Å². The number of carbonyl (C=O) groups excluding carboxylic acids is 1. The largest absolute Gasteiger partial charge is 0.490 e. The van der Waals surface area contributed by atoms with Crippen LogP contribution in [0.4, 0.5) is 0 Å². The Bertz CT molecular complexity index is 977. The van der Waals surface area contributed by atoms with Gasteiger partial charge >= 0.3 is 0 Å². The van der Waals surface area contributed by atoms with Crippen molar-refractivity contribution in [3.05, 3.63) is 63.0 Å². The molecule has 1 aliphatic heterocycles. The molecule has 158 valence electrons. The molecule has 0 N–H and O–H groups in total. The molecule has 0 spiro atoms. The van der Waals surface area contributed by atoms with Gasteiger partial charge in [-0.3, -0.25) is 9.69 Å².